The predicted molar refractivity (Wildman–Crippen MR) is 79.1 cm³/mol. The Hall–Kier alpha value is -1.36. The smallest absolute Gasteiger partial charge is 0.306 e. The molecule has 2 atom stereocenters. The van der Waals surface area contributed by atoms with Crippen LogP contribution in [0.25, 0.3) is 0 Å². The van der Waals surface area contributed by atoms with E-state index in [1.807, 2.05) is 24.3 Å². The third-order valence-corrected chi connectivity index (χ3v) is 4.24. The molecule has 4 nitrogen and oxygen atoms in total. The van der Waals surface area contributed by atoms with Gasteiger partial charge in [-0.05, 0) is 37.0 Å². The van der Waals surface area contributed by atoms with Crippen molar-refractivity contribution in [3.05, 3.63) is 34.3 Å². The lowest BCUT2D eigenvalue weighted by Crippen LogP contribution is -2.35. The van der Waals surface area contributed by atoms with Gasteiger partial charge in [0.1, 0.15) is 0 Å². The molecule has 1 fully saturated rings. The van der Waals surface area contributed by atoms with Gasteiger partial charge in [0.05, 0.1) is 5.92 Å². The standard InChI is InChI=1S/C15H18BrNO3/c16-13-6-1-3-10(7-13)9-17-14(18)11-4-2-5-12(8-11)15(19)20/h1,3,6-7,11-12H,2,4-5,8-9H2,(H,17,18)(H,19,20)/t11-,12-/m1/s1. The molecule has 0 saturated heterocycles. The van der Waals surface area contributed by atoms with Crippen molar-refractivity contribution in [3.8, 4) is 0 Å². The van der Waals surface area contributed by atoms with Gasteiger partial charge in [0.15, 0.2) is 0 Å². The maximum absolute atomic E-state index is 12.1. The second-order valence-corrected chi connectivity index (χ2v) is 6.16. The molecule has 2 rings (SSSR count). The van der Waals surface area contributed by atoms with E-state index in [0.29, 0.717) is 19.4 Å². The lowest BCUT2D eigenvalue weighted by atomic mass is 9.81. The summed E-state index contributed by atoms with van der Waals surface area (Å²) in [5, 5.41) is 11.9. The number of carboxylic acids is 1. The molecular formula is C15H18BrNO3. The van der Waals surface area contributed by atoms with Crippen LogP contribution in [0.4, 0.5) is 0 Å². The summed E-state index contributed by atoms with van der Waals surface area (Å²) in [6.45, 7) is 0.479. The van der Waals surface area contributed by atoms with Crippen molar-refractivity contribution in [3.63, 3.8) is 0 Å². The molecule has 0 aromatic heterocycles. The van der Waals surface area contributed by atoms with Crippen molar-refractivity contribution >= 4 is 27.8 Å². The van der Waals surface area contributed by atoms with Crippen molar-refractivity contribution in [1.29, 1.82) is 0 Å². The fourth-order valence-electron chi connectivity index (χ4n) is 2.63. The lowest BCUT2D eigenvalue weighted by Gasteiger charge is -2.25. The molecule has 0 radical (unpaired) electrons. The molecule has 108 valence electrons. The molecule has 5 heteroatoms. The topological polar surface area (TPSA) is 66.4 Å². The van der Waals surface area contributed by atoms with Gasteiger partial charge in [-0.25, -0.2) is 0 Å². The highest BCUT2D eigenvalue weighted by Crippen LogP contribution is 2.29. The van der Waals surface area contributed by atoms with Crippen LogP contribution in [0.5, 0.6) is 0 Å². The van der Waals surface area contributed by atoms with Gasteiger partial charge in [-0.3, -0.25) is 9.59 Å². The predicted octanol–water partition coefficient (Wildman–Crippen LogP) is 2.96. The average molecular weight is 340 g/mol. The van der Waals surface area contributed by atoms with E-state index in [0.717, 1.165) is 22.9 Å². The van der Waals surface area contributed by atoms with Crippen molar-refractivity contribution in [2.24, 2.45) is 11.8 Å². The van der Waals surface area contributed by atoms with Gasteiger partial charge in [-0.1, -0.05) is 34.5 Å². The Morgan fingerprint density at radius 3 is 2.75 bits per heavy atom. The van der Waals surface area contributed by atoms with E-state index >= 15 is 0 Å². The van der Waals surface area contributed by atoms with Crippen LogP contribution in [0, 0.1) is 11.8 Å². The minimum Gasteiger partial charge on any atom is -0.481 e. The zero-order chi connectivity index (χ0) is 14.5. The Morgan fingerprint density at radius 1 is 1.30 bits per heavy atom. The summed E-state index contributed by atoms with van der Waals surface area (Å²) in [7, 11) is 0. The van der Waals surface area contributed by atoms with E-state index < -0.39 is 5.97 Å². The van der Waals surface area contributed by atoms with Gasteiger partial charge in [0, 0.05) is 16.9 Å². The van der Waals surface area contributed by atoms with Gasteiger partial charge in [0.2, 0.25) is 5.91 Å². The Kier molecular flexibility index (Phi) is 5.17. The molecule has 0 unspecified atom stereocenters. The maximum atomic E-state index is 12.1. The number of nitrogens with one attached hydrogen (secondary N) is 1. The summed E-state index contributed by atoms with van der Waals surface area (Å²) in [5.74, 6) is -1.35. The molecule has 0 heterocycles. The number of aliphatic carboxylic acids is 1. The Labute approximate surface area is 126 Å². The van der Waals surface area contributed by atoms with Crippen LogP contribution in [0.15, 0.2) is 28.7 Å². The molecule has 0 bridgehead atoms. The third kappa shape index (κ3) is 4.07. The molecule has 0 spiro atoms. The van der Waals surface area contributed by atoms with Crippen LogP contribution < -0.4 is 5.32 Å². The van der Waals surface area contributed by atoms with E-state index in [1.54, 1.807) is 0 Å². The van der Waals surface area contributed by atoms with Crippen molar-refractivity contribution < 1.29 is 14.7 Å². The Balaban J connectivity index is 1.87. The Bertz CT molecular complexity index is 504. The first-order valence-corrected chi connectivity index (χ1v) is 7.60. The minimum atomic E-state index is -0.783. The molecule has 0 aliphatic heterocycles. The number of halogens is 1. The van der Waals surface area contributed by atoms with Crippen molar-refractivity contribution in [2.75, 3.05) is 0 Å². The highest BCUT2D eigenvalue weighted by Gasteiger charge is 2.30. The van der Waals surface area contributed by atoms with Crippen molar-refractivity contribution in [1.82, 2.24) is 5.32 Å². The summed E-state index contributed by atoms with van der Waals surface area (Å²) < 4.78 is 0.979. The van der Waals surface area contributed by atoms with Gasteiger partial charge < -0.3 is 10.4 Å². The maximum Gasteiger partial charge on any atom is 0.306 e. The second kappa shape index (κ2) is 6.88. The number of benzene rings is 1. The fraction of sp³-hybridized carbons (Fsp3) is 0.467. The van der Waals surface area contributed by atoms with Crippen molar-refractivity contribution in [2.45, 2.75) is 32.2 Å². The molecule has 2 N–H and O–H groups in total. The first kappa shape index (κ1) is 15.0. The highest BCUT2D eigenvalue weighted by molar-refractivity contribution is 9.10. The quantitative estimate of drug-likeness (QED) is 0.886. The SMILES string of the molecule is O=C(O)[C@@H]1CCC[C@@H](C(=O)NCc2cccc(Br)c2)C1. The molecule has 1 aliphatic rings. The van der Waals surface area contributed by atoms with E-state index in [-0.39, 0.29) is 17.7 Å². The summed E-state index contributed by atoms with van der Waals surface area (Å²) in [5.41, 5.74) is 1.03. The Morgan fingerprint density at radius 2 is 2.05 bits per heavy atom. The van der Waals surface area contributed by atoms with Crippen LogP contribution in [0.1, 0.15) is 31.2 Å². The summed E-state index contributed by atoms with van der Waals surface area (Å²) >= 11 is 3.39. The molecule has 1 aromatic carbocycles. The zero-order valence-electron chi connectivity index (χ0n) is 11.1. The molecule has 20 heavy (non-hydrogen) atoms. The van der Waals surface area contributed by atoms with E-state index in [9.17, 15) is 9.59 Å². The average Bonchev–Trinajstić information content (AvgIpc) is 2.45. The first-order chi connectivity index (χ1) is 9.56. The lowest BCUT2D eigenvalue weighted by molar-refractivity contribution is -0.144. The zero-order valence-corrected chi connectivity index (χ0v) is 12.7. The number of amides is 1. The normalized spacial score (nSPS) is 22.2. The number of rotatable bonds is 4. The number of carbonyl (C=O) groups excluding carboxylic acids is 1. The third-order valence-electron chi connectivity index (χ3n) is 3.75. The molecule has 1 aromatic rings. The molecule has 1 amide bonds. The van der Waals surface area contributed by atoms with Crippen LogP contribution in [0.2, 0.25) is 0 Å². The van der Waals surface area contributed by atoms with Gasteiger partial charge in [-0.15, -0.1) is 0 Å². The highest BCUT2D eigenvalue weighted by atomic mass is 79.9. The number of carboxylic acid groups (broad SMARTS) is 1. The van der Waals surface area contributed by atoms with Gasteiger partial charge >= 0.3 is 5.97 Å². The van der Waals surface area contributed by atoms with E-state index in [4.69, 9.17) is 5.11 Å². The minimum absolute atomic E-state index is 0.0316. The molecule has 1 aliphatic carbocycles. The number of hydrogen-bond donors (Lipinski definition) is 2. The second-order valence-electron chi connectivity index (χ2n) is 5.25. The first-order valence-electron chi connectivity index (χ1n) is 6.81. The van der Waals surface area contributed by atoms with Crippen LogP contribution >= 0.6 is 15.9 Å². The molecular weight excluding hydrogens is 322 g/mol. The largest absolute Gasteiger partial charge is 0.481 e. The monoisotopic (exact) mass is 339 g/mol. The van der Waals surface area contributed by atoms with Crippen LogP contribution in [-0.2, 0) is 16.1 Å². The summed E-state index contributed by atoms with van der Waals surface area (Å²) in [4.78, 5) is 23.1. The van der Waals surface area contributed by atoms with E-state index in [2.05, 4.69) is 21.2 Å². The van der Waals surface area contributed by atoms with Crippen LogP contribution in [0.3, 0.4) is 0 Å². The molecule has 1 saturated carbocycles. The summed E-state index contributed by atoms with van der Waals surface area (Å²) in [6.07, 6.45) is 2.74. The fourth-order valence-corrected chi connectivity index (χ4v) is 3.08. The van der Waals surface area contributed by atoms with E-state index in [1.165, 1.54) is 0 Å². The number of hydrogen-bond acceptors (Lipinski definition) is 2. The summed E-state index contributed by atoms with van der Waals surface area (Å²) in [6, 6.07) is 7.77. The van der Waals surface area contributed by atoms with Gasteiger partial charge in [-0.2, -0.15) is 0 Å². The number of carbonyl (C=O) groups is 2. The van der Waals surface area contributed by atoms with Crippen LogP contribution in [-0.4, -0.2) is 17.0 Å². The van der Waals surface area contributed by atoms with Gasteiger partial charge in [0.25, 0.3) is 0 Å².